The van der Waals surface area contributed by atoms with Crippen LogP contribution in [-0.4, -0.2) is 51.9 Å². The summed E-state index contributed by atoms with van der Waals surface area (Å²) in [5.74, 6) is 0.959. The highest BCUT2D eigenvalue weighted by Gasteiger charge is 2.25. The van der Waals surface area contributed by atoms with Crippen molar-refractivity contribution < 1.29 is 9.21 Å². The van der Waals surface area contributed by atoms with Crippen LogP contribution in [0.15, 0.2) is 53.4 Å². The fraction of sp³-hybridized carbons (Fsp3) is 0.222. The first-order valence-corrected chi connectivity index (χ1v) is 8.33. The number of rotatable bonds is 3. The van der Waals surface area contributed by atoms with Gasteiger partial charge in [-0.15, -0.1) is 0 Å². The predicted octanol–water partition coefficient (Wildman–Crippen LogP) is 1.68. The summed E-state index contributed by atoms with van der Waals surface area (Å²) >= 11 is 0. The summed E-state index contributed by atoms with van der Waals surface area (Å²) in [6, 6.07) is 8.95. The third-order valence-electron chi connectivity index (χ3n) is 4.28. The maximum Gasteiger partial charge on any atom is 0.275 e. The lowest BCUT2D eigenvalue weighted by molar-refractivity contribution is 0.0740. The molecule has 1 aromatic carbocycles. The Hall–Kier alpha value is -3.42. The molecule has 132 valence electrons. The van der Waals surface area contributed by atoms with Gasteiger partial charge in [0.05, 0.1) is 0 Å². The number of nitrogen functional groups attached to an aromatic ring is 1. The quantitative estimate of drug-likeness (QED) is 0.717. The average molecular weight is 350 g/mol. The minimum atomic E-state index is -0.135. The Labute approximate surface area is 150 Å². The summed E-state index contributed by atoms with van der Waals surface area (Å²) in [4.78, 5) is 29.3. The molecule has 3 aromatic rings. The Balaban J connectivity index is 1.42. The molecule has 1 saturated heterocycles. The van der Waals surface area contributed by atoms with Crippen molar-refractivity contribution in [1.29, 1.82) is 0 Å². The predicted molar refractivity (Wildman–Crippen MR) is 96.5 cm³/mol. The number of aromatic nitrogens is 3. The number of piperazine rings is 1. The van der Waals surface area contributed by atoms with E-state index < -0.39 is 0 Å². The largest absolute Gasteiger partial charge is 0.444 e. The Morgan fingerprint density at radius 2 is 1.73 bits per heavy atom. The number of nitrogens with two attached hydrogens (primary N) is 1. The average Bonchev–Trinajstić information content (AvgIpc) is 3.19. The Morgan fingerprint density at radius 3 is 2.42 bits per heavy atom. The van der Waals surface area contributed by atoms with Gasteiger partial charge in [0, 0.05) is 49.8 Å². The van der Waals surface area contributed by atoms with Gasteiger partial charge in [-0.05, 0) is 30.3 Å². The van der Waals surface area contributed by atoms with Crippen molar-refractivity contribution in [3.05, 3.63) is 54.7 Å². The number of amides is 1. The molecule has 1 aliphatic heterocycles. The van der Waals surface area contributed by atoms with Crippen LogP contribution in [0.3, 0.4) is 0 Å². The molecule has 2 aromatic heterocycles. The molecule has 26 heavy (non-hydrogen) atoms. The van der Waals surface area contributed by atoms with Crippen LogP contribution in [0.2, 0.25) is 0 Å². The van der Waals surface area contributed by atoms with Crippen molar-refractivity contribution in [2.75, 3.05) is 36.8 Å². The van der Waals surface area contributed by atoms with Crippen LogP contribution in [-0.2, 0) is 0 Å². The van der Waals surface area contributed by atoms with E-state index in [4.69, 9.17) is 10.2 Å². The van der Waals surface area contributed by atoms with Crippen LogP contribution in [0.1, 0.15) is 10.5 Å². The van der Waals surface area contributed by atoms with Crippen LogP contribution >= 0.6 is 0 Å². The second-order valence-corrected chi connectivity index (χ2v) is 5.99. The van der Waals surface area contributed by atoms with Crippen molar-refractivity contribution in [1.82, 2.24) is 19.9 Å². The second-order valence-electron chi connectivity index (χ2n) is 5.99. The lowest BCUT2D eigenvalue weighted by atomic mass is 10.2. The third kappa shape index (κ3) is 3.21. The van der Waals surface area contributed by atoms with Crippen LogP contribution in [0.4, 0.5) is 11.6 Å². The van der Waals surface area contributed by atoms with Gasteiger partial charge in [-0.1, -0.05) is 0 Å². The van der Waals surface area contributed by atoms with Crippen LogP contribution in [0, 0.1) is 0 Å². The molecular formula is C18H18N6O2. The molecule has 0 atom stereocenters. The van der Waals surface area contributed by atoms with Crippen LogP contribution in [0.25, 0.3) is 11.5 Å². The number of benzene rings is 1. The molecule has 2 N–H and O–H groups in total. The lowest BCUT2D eigenvalue weighted by Crippen LogP contribution is -2.49. The molecule has 0 radical (unpaired) electrons. The molecule has 1 aliphatic rings. The van der Waals surface area contributed by atoms with Gasteiger partial charge in [0.2, 0.25) is 11.8 Å². The molecule has 8 nitrogen and oxygen atoms in total. The van der Waals surface area contributed by atoms with Crippen molar-refractivity contribution in [3.8, 4) is 11.5 Å². The molecule has 0 unspecified atom stereocenters. The SMILES string of the molecule is Nc1ccc(-c2nc(C(=O)N3CCN(c4ncccn4)CC3)co2)cc1. The van der Waals surface area contributed by atoms with Gasteiger partial charge in [0.1, 0.15) is 6.26 Å². The molecule has 8 heteroatoms. The van der Waals surface area contributed by atoms with Gasteiger partial charge in [-0.25, -0.2) is 15.0 Å². The Kier molecular flexibility index (Phi) is 4.22. The summed E-state index contributed by atoms with van der Waals surface area (Å²) in [7, 11) is 0. The number of anilines is 2. The second kappa shape index (κ2) is 6.83. The molecule has 0 spiro atoms. The molecule has 0 saturated carbocycles. The minimum Gasteiger partial charge on any atom is -0.444 e. The zero-order valence-corrected chi connectivity index (χ0v) is 14.1. The normalized spacial score (nSPS) is 14.5. The van der Waals surface area contributed by atoms with E-state index in [9.17, 15) is 4.79 Å². The first kappa shape index (κ1) is 16.1. The number of carbonyl (C=O) groups is 1. The van der Waals surface area contributed by atoms with E-state index in [2.05, 4.69) is 19.9 Å². The molecule has 0 aliphatic carbocycles. The number of hydrogen-bond acceptors (Lipinski definition) is 7. The highest BCUT2D eigenvalue weighted by molar-refractivity contribution is 5.92. The number of nitrogens with zero attached hydrogens (tertiary/aromatic N) is 5. The molecule has 3 heterocycles. The molecule has 4 rings (SSSR count). The van der Waals surface area contributed by atoms with Gasteiger partial charge in [0.15, 0.2) is 5.69 Å². The standard InChI is InChI=1S/C18H18N6O2/c19-14-4-2-13(3-5-14)16-22-15(12-26-16)17(25)23-8-10-24(11-9-23)18-20-6-1-7-21-18/h1-7,12H,8-11,19H2. The number of oxazole rings is 1. The van der Waals surface area contributed by atoms with Gasteiger partial charge in [0.25, 0.3) is 5.91 Å². The summed E-state index contributed by atoms with van der Waals surface area (Å²) < 4.78 is 5.46. The molecular weight excluding hydrogens is 332 g/mol. The summed E-state index contributed by atoms with van der Waals surface area (Å²) in [6.45, 7) is 2.53. The van der Waals surface area contributed by atoms with E-state index in [1.54, 1.807) is 35.5 Å². The van der Waals surface area contributed by atoms with E-state index in [-0.39, 0.29) is 5.91 Å². The van der Waals surface area contributed by atoms with Crippen LogP contribution < -0.4 is 10.6 Å². The molecule has 1 amide bonds. The Bertz CT molecular complexity index is 886. The maximum absolute atomic E-state index is 12.7. The van der Waals surface area contributed by atoms with Crippen molar-refractivity contribution in [2.45, 2.75) is 0 Å². The highest BCUT2D eigenvalue weighted by Crippen LogP contribution is 2.21. The zero-order valence-electron chi connectivity index (χ0n) is 14.1. The van der Waals surface area contributed by atoms with E-state index in [1.807, 2.05) is 12.1 Å². The smallest absolute Gasteiger partial charge is 0.275 e. The van der Waals surface area contributed by atoms with E-state index >= 15 is 0 Å². The lowest BCUT2D eigenvalue weighted by Gasteiger charge is -2.34. The summed E-state index contributed by atoms with van der Waals surface area (Å²) in [6.07, 6.45) is 4.84. The molecule has 0 bridgehead atoms. The number of hydrogen-bond donors (Lipinski definition) is 1. The topological polar surface area (TPSA) is 101 Å². The third-order valence-corrected chi connectivity index (χ3v) is 4.28. The minimum absolute atomic E-state index is 0.135. The van der Waals surface area contributed by atoms with Crippen molar-refractivity contribution in [3.63, 3.8) is 0 Å². The van der Waals surface area contributed by atoms with Crippen molar-refractivity contribution >= 4 is 17.5 Å². The van der Waals surface area contributed by atoms with E-state index in [1.165, 1.54) is 6.26 Å². The van der Waals surface area contributed by atoms with E-state index in [0.29, 0.717) is 49.4 Å². The zero-order chi connectivity index (χ0) is 17.9. The number of carbonyl (C=O) groups excluding carboxylic acids is 1. The van der Waals surface area contributed by atoms with Gasteiger partial charge in [-0.3, -0.25) is 4.79 Å². The summed E-state index contributed by atoms with van der Waals surface area (Å²) in [5.41, 5.74) is 7.44. The Morgan fingerprint density at radius 1 is 1.04 bits per heavy atom. The van der Waals surface area contributed by atoms with Crippen LogP contribution in [0.5, 0.6) is 0 Å². The first-order valence-electron chi connectivity index (χ1n) is 8.33. The highest BCUT2D eigenvalue weighted by atomic mass is 16.3. The molecule has 1 fully saturated rings. The maximum atomic E-state index is 12.7. The van der Waals surface area contributed by atoms with Gasteiger partial charge in [-0.2, -0.15) is 0 Å². The van der Waals surface area contributed by atoms with Crippen molar-refractivity contribution in [2.24, 2.45) is 0 Å². The van der Waals surface area contributed by atoms with Gasteiger partial charge >= 0.3 is 0 Å². The van der Waals surface area contributed by atoms with Gasteiger partial charge < -0.3 is 20.0 Å². The monoisotopic (exact) mass is 350 g/mol. The summed E-state index contributed by atoms with van der Waals surface area (Å²) in [5, 5.41) is 0. The van der Waals surface area contributed by atoms with E-state index in [0.717, 1.165) is 5.56 Å². The fourth-order valence-electron chi connectivity index (χ4n) is 2.86. The first-order chi connectivity index (χ1) is 12.7. The fourth-order valence-corrected chi connectivity index (χ4v) is 2.86.